The van der Waals surface area contributed by atoms with Gasteiger partial charge in [0, 0.05) is 69.9 Å². The third-order valence-electron chi connectivity index (χ3n) is 8.99. The molecule has 1 aromatic rings. The van der Waals surface area contributed by atoms with Crippen molar-refractivity contribution in [2.45, 2.75) is 90.3 Å². The summed E-state index contributed by atoms with van der Waals surface area (Å²) in [5.41, 5.74) is 1.76. The highest BCUT2D eigenvalue weighted by atomic mass is 16.5. The SMILES string of the molecule is CCc1ccc(C(=O)N(C[C@@H]2CNC[C@H]2CN(C(=O)[C@H]2CC[C@H](O)CC2)C2CC2)C(C)C)cc1OCCCOC. The first kappa shape index (κ1) is 30.8. The van der Waals surface area contributed by atoms with Gasteiger partial charge in [0.15, 0.2) is 0 Å². The second-order valence-electron chi connectivity index (χ2n) is 12.3. The molecule has 0 radical (unpaired) electrons. The highest BCUT2D eigenvalue weighted by Crippen LogP contribution is 2.34. The van der Waals surface area contributed by atoms with Crippen LogP contribution in [0.15, 0.2) is 18.2 Å². The van der Waals surface area contributed by atoms with Crippen LogP contribution >= 0.6 is 0 Å². The summed E-state index contributed by atoms with van der Waals surface area (Å²) in [5, 5.41) is 13.5. The van der Waals surface area contributed by atoms with Gasteiger partial charge in [-0.1, -0.05) is 13.0 Å². The number of nitrogens with one attached hydrogen (secondary N) is 1. The topological polar surface area (TPSA) is 91.3 Å². The smallest absolute Gasteiger partial charge is 0.254 e. The average Bonchev–Trinajstić information content (AvgIpc) is 3.70. The zero-order valence-corrected chi connectivity index (χ0v) is 25.1. The van der Waals surface area contributed by atoms with Crippen molar-refractivity contribution >= 4 is 11.8 Å². The van der Waals surface area contributed by atoms with Gasteiger partial charge in [0.05, 0.1) is 12.7 Å². The summed E-state index contributed by atoms with van der Waals surface area (Å²) in [6.07, 6.45) is 6.61. The van der Waals surface area contributed by atoms with Gasteiger partial charge in [-0.2, -0.15) is 0 Å². The number of aliphatic hydroxyl groups is 1. The molecule has 2 saturated carbocycles. The molecular formula is C32H51N3O5. The zero-order valence-electron chi connectivity index (χ0n) is 25.1. The first-order chi connectivity index (χ1) is 19.3. The molecule has 224 valence electrons. The highest BCUT2D eigenvalue weighted by molar-refractivity contribution is 5.95. The van der Waals surface area contributed by atoms with Crippen LogP contribution in [0.2, 0.25) is 0 Å². The summed E-state index contributed by atoms with van der Waals surface area (Å²) in [6.45, 7) is 10.6. The Morgan fingerprint density at radius 2 is 1.73 bits per heavy atom. The van der Waals surface area contributed by atoms with Crippen molar-refractivity contribution in [2.24, 2.45) is 17.8 Å². The number of hydrogen-bond donors (Lipinski definition) is 2. The Balaban J connectivity index is 1.42. The van der Waals surface area contributed by atoms with Gasteiger partial charge in [0.2, 0.25) is 5.91 Å². The molecule has 8 heteroatoms. The van der Waals surface area contributed by atoms with E-state index in [0.717, 1.165) is 82.3 Å². The Hall–Kier alpha value is -2.16. The van der Waals surface area contributed by atoms with E-state index in [0.29, 0.717) is 37.3 Å². The van der Waals surface area contributed by atoms with Crippen LogP contribution in [-0.4, -0.2) is 91.4 Å². The lowest BCUT2D eigenvalue weighted by atomic mass is 9.86. The number of nitrogens with zero attached hydrogens (tertiary/aromatic N) is 2. The van der Waals surface area contributed by atoms with Crippen LogP contribution in [0.25, 0.3) is 0 Å². The standard InChI is InChI=1S/C32H51N3O5/c1-5-23-7-8-25(17-30(23)40-16-6-15-39-4)32(38)34(22(2)3)20-26-18-33-19-27(26)21-35(28-11-12-28)31(37)24-9-13-29(36)14-10-24/h7-8,17,22,24,26-29,33,36H,5-6,9-16,18-21H2,1-4H3/t24-,26-,27-,29-/m0/s1. The van der Waals surface area contributed by atoms with Crippen molar-refractivity contribution in [3.8, 4) is 5.75 Å². The summed E-state index contributed by atoms with van der Waals surface area (Å²) >= 11 is 0. The van der Waals surface area contributed by atoms with Gasteiger partial charge in [-0.25, -0.2) is 0 Å². The third kappa shape index (κ3) is 7.98. The van der Waals surface area contributed by atoms with Crippen molar-refractivity contribution in [3.63, 3.8) is 0 Å². The molecule has 0 bridgehead atoms. The summed E-state index contributed by atoms with van der Waals surface area (Å²) < 4.78 is 11.2. The fourth-order valence-electron chi connectivity index (χ4n) is 6.28. The second-order valence-corrected chi connectivity index (χ2v) is 12.3. The van der Waals surface area contributed by atoms with Crippen molar-refractivity contribution in [2.75, 3.05) is 46.5 Å². The van der Waals surface area contributed by atoms with Gasteiger partial charge in [-0.05, 0) is 88.3 Å². The molecule has 0 unspecified atom stereocenters. The van der Waals surface area contributed by atoms with Crippen LogP contribution in [0.1, 0.15) is 81.6 Å². The number of amides is 2. The number of rotatable bonds is 14. The van der Waals surface area contributed by atoms with Gasteiger partial charge in [-0.3, -0.25) is 9.59 Å². The van der Waals surface area contributed by atoms with Crippen LogP contribution in [0.4, 0.5) is 0 Å². The summed E-state index contributed by atoms with van der Waals surface area (Å²) in [7, 11) is 1.69. The molecule has 2 aliphatic carbocycles. The van der Waals surface area contributed by atoms with E-state index >= 15 is 0 Å². The van der Waals surface area contributed by atoms with E-state index in [2.05, 4.69) is 31.0 Å². The van der Waals surface area contributed by atoms with Gasteiger partial charge in [-0.15, -0.1) is 0 Å². The predicted molar refractivity (Wildman–Crippen MR) is 157 cm³/mol. The van der Waals surface area contributed by atoms with Crippen LogP contribution < -0.4 is 10.1 Å². The van der Waals surface area contributed by atoms with Gasteiger partial charge in [0.25, 0.3) is 5.91 Å². The molecule has 0 spiro atoms. The first-order valence-electron chi connectivity index (χ1n) is 15.6. The average molecular weight is 558 g/mol. The van der Waals surface area contributed by atoms with Gasteiger partial charge < -0.3 is 29.7 Å². The minimum atomic E-state index is -0.252. The van der Waals surface area contributed by atoms with Crippen molar-refractivity contribution < 1.29 is 24.2 Å². The number of aliphatic hydroxyl groups excluding tert-OH is 1. The van der Waals surface area contributed by atoms with E-state index in [-0.39, 0.29) is 35.8 Å². The summed E-state index contributed by atoms with van der Waals surface area (Å²) in [5.74, 6) is 1.74. The number of carbonyl (C=O) groups is 2. The van der Waals surface area contributed by atoms with Crippen molar-refractivity contribution in [3.05, 3.63) is 29.3 Å². The van der Waals surface area contributed by atoms with Crippen LogP contribution in [0.5, 0.6) is 5.75 Å². The van der Waals surface area contributed by atoms with E-state index < -0.39 is 0 Å². The molecule has 8 nitrogen and oxygen atoms in total. The lowest BCUT2D eigenvalue weighted by molar-refractivity contribution is -0.138. The van der Waals surface area contributed by atoms with Crippen molar-refractivity contribution in [1.82, 2.24) is 15.1 Å². The molecule has 4 rings (SSSR count). The largest absolute Gasteiger partial charge is 0.493 e. The molecule has 0 aromatic heterocycles. The molecule has 40 heavy (non-hydrogen) atoms. The third-order valence-corrected chi connectivity index (χ3v) is 8.99. The van der Waals surface area contributed by atoms with E-state index in [1.54, 1.807) is 7.11 Å². The van der Waals surface area contributed by atoms with E-state index in [4.69, 9.17) is 9.47 Å². The van der Waals surface area contributed by atoms with Crippen LogP contribution in [0, 0.1) is 17.8 Å². The maximum Gasteiger partial charge on any atom is 0.254 e. The summed E-state index contributed by atoms with van der Waals surface area (Å²) in [6, 6.07) is 6.27. The number of hydrogen-bond acceptors (Lipinski definition) is 6. The lowest BCUT2D eigenvalue weighted by Crippen LogP contribution is -2.46. The van der Waals surface area contributed by atoms with Crippen LogP contribution in [0.3, 0.4) is 0 Å². The normalized spacial score (nSPS) is 24.8. The molecule has 2 N–H and O–H groups in total. The minimum Gasteiger partial charge on any atom is -0.493 e. The molecular weight excluding hydrogens is 506 g/mol. The maximum absolute atomic E-state index is 13.8. The van der Waals surface area contributed by atoms with Crippen molar-refractivity contribution in [1.29, 1.82) is 0 Å². The van der Waals surface area contributed by atoms with E-state index in [1.165, 1.54) is 0 Å². The second kappa shape index (κ2) is 14.6. The molecule has 3 aliphatic rings. The molecule has 2 atom stereocenters. The minimum absolute atomic E-state index is 0.0286. The van der Waals surface area contributed by atoms with Gasteiger partial charge >= 0.3 is 0 Å². The first-order valence-corrected chi connectivity index (χ1v) is 15.6. The fourth-order valence-corrected chi connectivity index (χ4v) is 6.28. The molecule has 1 aromatic carbocycles. The molecule has 1 heterocycles. The molecule has 1 saturated heterocycles. The maximum atomic E-state index is 13.8. The van der Waals surface area contributed by atoms with Gasteiger partial charge in [0.1, 0.15) is 5.75 Å². The van der Waals surface area contributed by atoms with E-state index in [9.17, 15) is 14.7 Å². The lowest BCUT2D eigenvalue weighted by Gasteiger charge is -2.35. The molecule has 1 aliphatic heterocycles. The number of carbonyl (C=O) groups excluding carboxylic acids is 2. The quantitative estimate of drug-likeness (QED) is 0.337. The Labute approximate surface area is 240 Å². The molecule has 3 fully saturated rings. The fraction of sp³-hybridized carbons (Fsp3) is 0.750. The Morgan fingerprint density at radius 1 is 1.02 bits per heavy atom. The van der Waals surface area contributed by atoms with E-state index in [1.807, 2.05) is 23.1 Å². The Morgan fingerprint density at radius 3 is 2.35 bits per heavy atom. The number of benzene rings is 1. The number of aryl methyl sites for hydroxylation is 1. The Kier molecular flexibility index (Phi) is 11.3. The Bertz CT molecular complexity index is 973. The number of ether oxygens (including phenoxy) is 2. The zero-order chi connectivity index (χ0) is 28.6. The number of methoxy groups -OCH3 is 1. The summed E-state index contributed by atoms with van der Waals surface area (Å²) in [4.78, 5) is 31.5. The van der Waals surface area contributed by atoms with Crippen LogP contribution in [-0.2, 0) is 16.0 Å². The predicted octanol–water partition coefficient (Wildman–Crippen LogP) is 3.89. The monoisotopic (exact) mass is 557 g/mol. The highest BCUT2D eigenvalue weighted by Gasteiger charge is 2.41. The molecule has 2 amide bonds.